The van der Waals surface area contributed by atoms with Gasteiger partial charge in [0, 0.05) is 11.8 Å². The molecule has 0 N–H and O–H groups in total. The molecule has 4 nitrogen and oxygen atoms in total. The zero-order valence-electron chi connectivity index (χ0n) is 12.6. The van der Waals surface area contributed by atoms with E-state index in [1.807, 2.05) is 36.4 Å². The number of oxime groups is 1. The van der Waals surface area contributed by atoms with Crippen molar-refractivity contribution in [2.75, 3.05) is 0 Å². The third-order valence-corrected chi connectivity index (χ3v) is 3.25. The van der Waals surface area contributed by atoms with E-state index < -0.39 is 11.8 Å². The smallest absolute Gasteiger partial charge is 0.312 e. The van der Waals surface area contributed by atoms with E-state index in [2.05, 4.69) is 10.1 Å². The Morgan fingerprint density at radius 2 is 1.58 bits per heavy atom. The van der Waals surface area contributed by atoms with Gasteiger partial charge in [0.25, 0.3) is 0 Å². The summed E-state index contributed by atoms with van der Waals surface area (Å²) in [5.74, 6) is -1.09. The van der Waals surface area contributed by atoms with E-state index in [9.17, 15) is 9.18 Å². The number of nitrogens with zero attached hydrogens (tertiary/aromatic N) is 2. The molecule has 0 atom stereocenters. The maximum atomic E-state index is 12.9. The summed E-state index contributed by atoms with van der Waals surface area (Å²) in [5.41, 5.74) is 2.00. The second-order valence-corrected chi connectivity index (χ2v) is 4.91. The standard InChI is InChI=1S/C19H13FN2O2/c20-16-11-9-15(10-12-16)19(23)24-22-18(14-6-2-1-3-7-14)17-8-4-5-13-21-17/h1-13H/b22-18-. The van der Waals surface area contributed by atoms with E-state index in [1.54, 1.807) is 18.3 Å². The van der Waals surface area contributed by atoms with Gasteiger partial charge in [-0.25, -0.2) is 9.18 Å². The van der Waals surface area contributed by atoms with Crippen molar-refractivity contribution >= 4 is 11.7 Å². The molecule has 0 unspecified atom stereocenters. The fourth-order valence-corrected chi connectivity index (χ4v) is 2.07. The Bertz CT molecular complexity index is 806. The number of pyridine rings is 1. The monoisotopic (exact) mass is 320 g/mol. The van der Waals surface area contributed by atoms with Crippen LogP contribution in [0.15, 0.2) is 84.1 Å². The summed E-state index contributed by atoms with van der Waals surface area (Å²) < 4.78 is 12.9. The maximum absolute atomic E-state index is 12.9. The van der Waals surface area contributed by atoms with E-state index in [-0.39, 0.29) is 5.56 Å². The van der Waals surface area contributed by atoms with Crippen molar-refractivity contribution in [3.8, 4) is 0 Å². The van der Waals surface area contributed by atoms with Crippen molar-refractivity contribution in [1.82, 2.24) is 4.98 Å². The van der Waals surface area contributed by atoms with Gasteiger partial charge < -0.3 is 4.84 Å². The molecule has 0 bridgehead atoms. The summed E-state index contributed by atoms with van der Waals surface area (Å²) in [6, 6.07) is 19.7. The maximum Gasteiger partial charge on any atom is 0.365 e. The summed E-state index contributed by atoms with van der Waals surface area (Å²) in [5, 5.41) is 3.97. The SMILES string of the molecule is O=C(O/N=C(/c1ccccc1)c1ccccn1)c1ccc(F)cc1. The number of benzene rings is 2. The highest BCUT2D eigenvalue weighted by Crippen LogP contribution is 2.11. The Balaban J connectivity index is 1.90. The fourth-order valence-electron chi connectivity index (χ4n) is 2.07. The van der Waals surface area contributed by atoms with Gasteiger partial charge in [-0.05, 0) is 36.4 Å². The first-order valence-electron chi connectivity index (χ1n) is 7.26. The lowest BCUT2D eigenvalue weighted by molar-refractivity contribution is 0.0517. The minimum absolute atomic E-state index is 0.216. The van der Waals surface area contributed by atoms with Crippen LogP contribution in [0.3, 0.4) is 0 Å². The molecule has 0 spiro atoms. The molecule has 0 aliphatic heterocycles. The van der Waals surface area contributed by atoms with Gasteiger partial charge in [-0.3, -0.25) is 4.98 Å². The van der Waals surface area contributed by atoms with Gasteiger partial charge in [0.15, 0.2) is 0 Å². The highest BCUT2D eigenvalue weighted by Gasteiger charge is 2.12. The number of aromatic nitrogens is 1. The highest BCUT2D eigenvalue weighted by molar-refractivity contribution is 6.11. The van der Waals surface area contributed by atoms with E-state index in [0.29, 0.717) is 11.4 Å². The molecule has 3 rings (SSSR count). The van der Waals surface area contributed by atoms with Crippen LogP contribution in [0.25, 0.3) is 0 Å². The average Bonchev–Trinajstić information content (AvgIpc) is 2.64. The molecule has 118 valence electrons. The number of rotatable bonds is 4. The molecule has 0 fully saturated rings. The molecule has 1 heterocycles. The third-order valence-electron chi connectivity index (χ3n) is 3.25. The van der Waals surface area contributed by atoms with Crippen LogP contribution in [0.4, 0.5) is 4.39 Å². The molecule has 24 heavy (non-hydrogen) atoms. The van der Waals surface area contributed by atoms with Crippen LogP contribution >= 0.6 is 0 Å². The van der Waals surface area contributed by atoms with Crippen LogP contribution in [-0.4, -0.2) is 16.7 Å². The first-order chi connectivity index (χ1) is 11.7. The molecular weight excluding hydrogens is 307 g/mol. The lowest BCUT2D eigenvalue weighted by atomic mass is 10.1. The van der Waals surface area contributed by atoms with Gasteiger partial charge >= 0.3 is 5.97 Å². The largest absolute Gasteiger partial charge is 0.365 e. The minimum atomic E-state index is -0.667. The van der Waals surface area contributed by atoms with Gasteiger partial charge in [0.2, 0.25) is 0 Å². The van der Waals surface area contributed by atoms with Crippen molar-refractivity contribution in [3.05, 3.63) is 102 Å². The molecule has 5 heteroatoms. The van der Waals surface area contributed by atoms with Crippen molar-refractivity contribution < 1.29 is 14.0 Å². The Morgan fingerprint density at radius 3 is 2.25 bits per heavy atom. The molecule has 1 aromatic heterocycles. The van der Waals surface area contributed by atoms with Crippen molar-refractivity contribution in [3.63, 3.8) is 0 Å². The third kappa shape index (κ3) is 3.70. The second-order valence-electron chi connectivity index (χ2n) is 4.91. The van der Waals surface area contributed by atoms with E-state index in [4.69, 9.17) is 4.84 Å². The topological polar surface area (TPSA) is 51.5 Å². The average molecular weight is 320 g/mol. The van der Waals surface area contributed by atoms with E-state index in [0.717, 1.165) is 5.56 Å². The molecule has 0 saturated carbocycles. The van der Waals surface area contributed by atoms with Gasteiger partial charge in [0.1, 0.15) is 11.5 Å². The highest BCUT2D eigenvalue weighted by atomic mass is 19.1. The molecular formula is C19H13FN2O2. The minimum Gasteiger partial charge on any atom is -0.312 e. The normalized spacial score (nSPS) is 11.1. The second kappa shape index (κ2) is 7.28. The fraction of sp³-hybridized carbons (Fsp3) is 0. The number of carbonyl (C=O) groups is 1. The van der Waals surface area contributed by atoms with Crippen LogP contribution < -0.4 is 0 Å². The lowest BCUT2D eigenvalue weighted by Gasteiger charge is -2.06. The Kier molecular flexibility index (Phi) is 4.72. The zero-order chi connectivity index (χ0) is 16.8. The molecule has 0 amide bonds. The summed E-state index contributed by atoms with van der Waals surface area (Å²) in [4.78, 5) is 21.3. The van der Waals surface area contributed by atoms with Crippen molar-refractivity contribution in [2.24, 2.45) is 5.16 Å². The molecule has 2 aromatic carbocycles. The summed E-state index contributed by atoms with van der Waals surface area (Å²) in [7, 11) is 0. The molecule has 0 aliphatic carbocycles. The van der Waals surface area contributed by atoms with Gasteiger partial charge in [-0.15, -0.1) is 0 Å². The molecule has 0 radical (unpaired) electrons. The predicted octanol–water partition coefficient (Wildman–Crippen LogP) is 3.83. The number of carbonyl (C=O) groups excluding carboxylic acids is 1. The van der Waals surface area contributed by atoms with E-state index in [1.165, 1.54) is 24.3 Å². The van der Waals surface area contributed by atoms with E-state index >= 15 is 0 Å². The van der Waals surface area contributed by atoms with Crippen molar-refractivity contribution in [2.45, 2.75) is 0 Å². The number of hydrogen-bond acceptors (Lipinski definition) is 4. The van der Waals surface area contributed by atoms with Crippen molar-refractivity contribution in [1.29, 1.82) is 0 Å². The van der Waals surface area contributed by atoms with Crippen LogP contribution in [0.2, 0.25) is 0 Å². The Hall–Kier alpha value is -3.34. The molecule has 0 saturated heterocycles. The predicted molar refractivity (Wildman–Crippen MR) is 88.1 cm³/mol. The van der Waals surface area contributed by atoms with Crippen LogP contribution in [0.5, 0.6) is 0 Å². The van der Waals surface area contributed by atoms with Crippen LogP contribution in [0.1, 0.15) is 21.6 Å². The zero-order valence-corrected chi connectivity index (χ0v) is 12.6. The number of halogens is 1. The van der Waals surface area contributed by atoms with Gasteiger partial charge in [-0.2, -0.15) is 0 Å². The van der Waals surface area contributed by atoms with Crippen LogP contribution in [0, 0.1) is 5.82 Å². The Labute approximate surface area is 138 Å². The summed E-state index contributed by atoms with van der Waals surface area (Å²) in [6.07, 6.45) is 1.63. The van der Waals surface area contributed by atoms with Crippen LogP contribution in [-0.2, 0) is 4.84 Å². The first-order valence-corrected chi connectivity index (χ1v) is 7.26. The lowest BCUT2D eigenvalue weighted by Crippen LogP contribution is -2.09. The Morgan fingerprint density at radius 1 is 0.875 bits per heavy atom. The molecule has 3 aromatic rings. The molecule has 0 aliphatic rings. The summed E-state index contributed by atoms with van der Waals surface area (Å²) in [6.45, 7) is 0. The van der Waals surface area contributed by atoms with Gasteiger partial charge in [0.05, 0.1) is 11.3 Å². The number of hydrogen-bond donors (Lipinski definition) is 0. The quantitative estimate of drug-likeness (QED) is 0.417. The summed E-state index contributed by atoms with van der Waals surface area (Å²) >= 11 is 0. The first kappa shape index (κ1) is 15.6. The van der Waals surface area contributed by atoms with Gasteiger partial charge in [-0.1, -0.05) is 41.6 Å².